The molecule has 0 unspecified atom stereocenters. The van der Waals surface area contributed by atoms with Gasteiger partial charge in [-0.2, -0.15) is 9.61 Å². The fraction of sp³-hybridized carbons (Fsp3) is 0.316. The topological polar surface area (TPSA) is 96.7 Å². The monoisotopic (exact) mass is 353 g/mol. The van der Waals surface area contributed by atoms with Gasteiger partial charge in [-0.15, -0.1) is 0 Å². The van der Waals surface area contributed by atoms with Crippen LogP contribution in [0.2, 0.25) is 0 Å². The predicted octanol–water partition coefficient (Wildman–Crippen LogP) is 3.10. The standard InChI is InChI=1S/C19H19N3O4/c23-17-10-16(21-18-15(19(24)25)11-20-22(17)18)12-6-8-14(9-7-12)26-13-4-2-1-3-5-13/h6-11,13,21H,1-5H2,(H,24,25). The Balaban J connectivity index is 1.63. The molecule has 2 N–H and O–H groups in total. The molecule has 0 saturated heterocycles. The van der Waals surface area contributed by atoms with Gasteiger partial charge in [0, 0.05) is 6.07 Å². The number of H-pyrrole nitrogens is 1. The van der Waals surface area contributed by atoms with Crippen LogP contribution in [0.3, 0.4) is 0 Å². The van der Waals surface area contributed by atoms with Crippen molar-refractivity contribution >= 4 is 11.6 Å². The first-order valence-electron chi connectivity index (χ1n) is 8.73. The number of aromatic nitrogens is 3. The molecule has 0 aliphatic heterocycles. The molecule has 7 nitrogen and oxygen atoms in total. The quantitative estimate of drug-likeness (QED) is 0.751. The van der Waals surface area contributed by atoms with Crippen LogP contribution >= 0.6 is 0 Å². The first-order chi connectivity index (χ1) is 12.6. The number of aromatic carboxylic acids is 1. The van der Waals surface area contributed by atoms with Gasteiger partial charge in [0.15, 0.2) is 5.65 Å². The summed E-state index contributed by atoms with van der Waals surface area (Å²) in [5.74, 6) is -0.330. The molecule has 2 heterocycles. The molecule has 1 aliphatic carbocycles. The summed E-state index contributed by atoms with van der Waals surface area (Å²) in [7, 11) is 0. The lowest BCUT2D eigenvalue weighted by Crippen LogP contribution is -2.19. The number of hydrogen-bond acceptors (Lipinski definition) is 4. The molecule has 134 valence electrons. The maximum Gasteiger partial charge on any atom is 0.341 e. The zero-order valence-corrected chi connectivity index (χ0v) is 14.1. The highest BCUT2D eigenvalue weighted by Gasteiger charge is 2.16. The van der Waals surface area contributed by atoms with Gasteiger partial charge in [-0.05, 0) is 55.5 Å². The van der Waals surface area contributed by atoms with Crippen LogP contribution in [0.25, 0.3) is 16.9 Å². The van der Waals surface area contributed by atoms with Gasteiger partial charge in [-0.3, -0.25) is 4.79 Å². The molecule has 1 aromatic carbocycles. The second-order valence-corrected chi connectivity index (χ2v) is 6.55. The average molecular weight is 353 g/mol. The van der Waals surface area contributed by atoms with E-state index in [1.807, 2.05) is 24.3 Å². The number of rotatable bonds is 4. The summed E-state index contributed by atoms with van der Waals surface area (Å²) in [6.07, 6.45) is 7.32. The van der Waals surface area contributed by atoms with Crippen LogP contribution < -0.4 is 10.3 Å². The minimum Gasteiger partial charge on any atom is -0.490 e. The normalized spacial score (nSPS) is 15.2. The molecule has 3 aromatic rings. The maximum absolute atomic E-state index is 12.2. The number of aromatic amines is 1. The second-order valence-electron chi connectivity index (χ2n) is 6.55. The second kappa shape index (κ2) is 6.67. The van der Waals surface area contributed by atoms with Crippen molar-refractivity contribution in [2.24, 2.45) is 0 Å². The Kier molecular flexibility index (Phi) is 4.20. The van der Waals surface area contributed by atoms with Gasteiger partial charge in [-0.1, -0.05) is 6.42 Å². The van der Waals surface area contributed by atoms with Crippen molar-refractivity contribution in [2.45, 2.75) is 38.2 Å². The van der Waals surface area contributed by atoms with E-state index in [2.05, 4.69) is 10.1 Å². The van der Waals surface area contributed by atoms with Crippen LogP contribution in [-0.4, -0.2) is 31.8 Å². The minimum absolute atomic E-state index is 0.0406. The number of fused-ring (bicyclic) bond motifs is 1. The van der Waals surface area contributed by atoms with E-state index in [0.29, 0.717) is 5.69 Å². The highest BCUT2D eigenvalue weighted by molar-refractivity contribution is 5.94. The van der Waals surface area contributed by atoms with E-state index in [9.17, 15) is 14.7 Å². The third-order valence-corrected chi connectivity index (χ3v) is 4.75. The zero-order chi connectivity index (χ0) is 18.1. The summed E-state index contributed by atoms with van der Waals surface area (Å²) >= 11 is 0. The molecule has 0 atom stereocenters. The molecule has 0 spiro atoms. The smallest absolute Gasteiger partial charge is 0.341 e. The predicted molar refractivity (Wildman–Crippen MR) is 95.7 cm³/mol. The fourth-order valence-electron chi connectivity index (χ4n) is 3.38. The first-order valence-corrected chi connectivity index (χ1v) is 8.73. The first kappa shape index (κ1) is 16.4. The molecular formula is C19H19N3O4. The van der Waals surface area contributed by atoms with Gasteiger partial charge in [-0.25, -0.2) is 4.79 Å². The number of carboxylic acids is 1. The summed E-state index contributed by atoms with van der Waals surface area (Å²) < 4.78 is 7.06. The number of nitrogens with one attached hydrogen (secondary N) is 1. The largest absolute Gasteiger partial charge is 0.490 e. The summed E-state index contributed by atoms with van der Waals surface area (Å²) in [5.41, 5.74) is 1.06. The van der Waals surface area contributed by atoms with Crippen molar-refractivity contribution in [1.82, 2.24) is 14.6 Å². The zero-order valence-electron chi connectivity index (χ0n) is 14.1. The Bertz CT molecular complexity index is 998. The Morgan fingerprint density at radius 2 is 1.92 bits per heavy atom. The molecular weight excluding hydrogens is 334 g/mol. The van der Waals surface area contributed by atoms with E-state index in [1.54, 1.807) is 0 Å². The van der Waals surface area contributed by atoms with Crippen molar-refractivity contribution in [3.63, 3.8) is 0 Å². The summed E-state index contributed by atoms with van der Waals surface area (Å²) in [4.78, 5) is 26.5. The number of carbonyl (C=O) groups is 1. The highest BCUT2D eigenvalue weighted by atomic mass is 16.5. The maximum atomic E-state index is 12.2. The van der Waals surface area contributed by atoms with Crippen molar-refractivity contribution in [3.8, 4) is 17.0 Å². The lowest BCUT2D eigenvalue weighted by Gasteiger charge is -2.23. The van der Waals surface area contributed by atoms with E-state index in [4.69, 9.17) is 4.74 Å². The van der Waals surface area contributed by atoms with E-state index in [1.165, 1.54) is 31.5 Å². The molecule has 2 aromatic heterocycles. The third-order valence-electron chi connectivity index (χ3n) is 4.75. The van der Waals surface area contributed by atoms with Crippen LogP contribution in [0, 0.1) is 0 Å². The third kappa shape index (κ3) is 3.08. The average Bonchev–Trinajstić information content (AvgIpc) is 3.08. The highest BCUT2D eigenvalue weighted by Crippen LogP contribution is 2.25. The molecule has 26 heavy (non-hydrogen) atoms. The van der Waals surface area contributed by atoms with Crippen molar-refractivity contribution in [1.29, 1.82) is 0 Å². The SMILES string of the molecule is O=C(O)c1cnn2c(=O)cc(-c3ccc(OC4CCCCC4)cc3)[nH]c12. The fourth-order valence-corrected chi connectivity index (χ4v) is 3.38. The van der Waals surface area contributed by atoms with Gasteiger partial charge in [0.25, 0.3) is 5.56 Å². The molecule has 4 rings (SSSR count). The Morgan fingerprint density at radius 1 is 1.19 bits per heavy atom. The van der Waals surface area contributed by atoms with E-state index >= 15 is 0 Å². The van der Waals surface area contributed by atoms with Gasteiger partial charge < -0.3 is 14.8 Å². The summed E-state index contributed by atoms with van der Waals surface area (Å²) in [5, 5.41) is 13.0. The number of carboxylic acid groups (broad SMARTS) is 1. The molecule has 0 bridgehead atoms. The number of hydrogen-bond donors (Lipinski definition) is 2. The van der Waals surface area contributed by atoms with Crippen molar-refractivity contribution in [3.05, 3.63) is 52.4 Å². The lowest BCUT2D eigenvalue weighted by atomic mass is 9.98. The molecule has 1 aliphatic rings. The van der Waals surface area contributed by atoms with Crippen LogP contribution in [-0.2, 0) is 0 Å². The van der Waals surface area contributed by atoms with Crippen LogP contribution in [0.4, 0.5) is 0 Å². The molecule has 0 amide bonds. The van der Waals surface area contributed by atoms with Crippen molar-refractivity contribution < 1.29 is 14.6 Å². The van der Waals surface area contributed by atoms with Gasteiger partial charge in [0.2, 0.25) is 0 Å². The summed E-state index contributed by atoms with van der Waals surface area (Å²) in [6, 6.07) is 8.87. The Hall–Kier alpha value is -3.09. The van der Waals surface area contributed by atoms with Gasteiger partial charge in [0.1, 0.15) is 11.3 Å². The van der Waals surface area contributed by atoms with E-state index in [-0.39, 0.29) is 22.9 Å². The molecule has 1 saturated carbocycles. The van der Waals surface area contributed by atoms with Crippen molar-refractivity contribution in [2.75, 3.05) is 0 Å². The Labute approximate surface area is 149 Å². The summed E-state index contributed by atoms with van der Waals surface area (Å²) in [6.45, 7) is 0. The Morgan fingerprint density at radius 3 is 2.62 bits per heavy atom. The van der Waals surface area contributed by atoms with Gasteiger partial charge >= 0.3 is 5.97 Å². The minimum atomic E-state index is -1.14. The van der Waals surface area contributed by atoms with Crippen LogP contribution in [0.1, 0.15) is 42.5 Å². The number of ether oxygens (including phenoxy) is 1. The molecule has 1 fully saturated rings. The lowest BCUT2D eigenvalue weighted by molar-refractivity contribution is 0.0698. The molecule has 7 heteroatoms. The van der Waals surface area contributed by atoms with E-state index in [0.717, 1.165) is 28.7 Å². The number of nitrogens with zero attached hydrogens (tertiary/aromatic N) is 2. The van der Waals surface area contributed by atoms with E-state index < -0.39 is 5.97 Å². The van der Waals surface area contributed by atoms with Gasteiger partial charge in [0.05, 0.1) is 18.0 Å². The molecule has 0 radical (unpaired) electrons. The van der Waals surface area contributed by atoms with Crippen LogP contribution in [0.15, 0.2) is 41.3 Å². The van der Waals surface area contributed by atoms with Crippen LogP contribution in [0.5, 0.6) is 5.75 Å². The number of benzene rings is 1.